The van der Waals surface area contributed by atoms with Gasteiger partial charge in [-0.2, -0.15) is 11.8 Å². The Kier molecular flexibility index (Phi) is 7.44. The van der Waals surface area contributed by atoms with Gasteiger partial charge in [0.1, 0.15) is 0 Å². The quantitative estimate of drug-likeness (QED) is 0.811. The number of urea groups is 1. The number of rotatable bonds is 6. The van der Waals surface area contributed by atoms with Crippen LogP contribution in [-0.4, -0.2) is 78.6 Å². The van der Waals surface area contributed by atoms with Gasteiger partial charge < -0.3 is 15.1 Å². The number of hydrogen-bond donors (Lipinski definition) is 1. The number of carbonyl (C=O) groups is 1. The molecular formula is C21H34N4OS. The molecule has 0 bridgehead atoms. The first-order valence-electron chi connectivity index (χ1n) is 10.1. The van der Waals surface area contributed by atoms with E-state index in [0.717, 1.165) is 44.7 Å². The van der Waals surface area contributed by atoms with Crippen molar-refractivity contribution in [2.45, 2.75) is 43.6 Å². The van der Waals surface area contributed by atoms with Crippen molar-refractivity contribution in [1.82, 2.24) is 20.0 Å². The van der Waals surface area contributed by atoms with E-state index in [1.165, 1.54) is 18.4 Å². The second-order valence-electron chi connectivity index (χ2n) is 7.94. The Morgan fingerprint density at radius 1 is 1.15 bits per heavy atom. The van der Waals surface area contributed by atoms with Gasteiger partial charge in [0.25, 0.3) is 0 Å². The Morgan fingerprint density at radius 2 is 1.81 bits per heavy atom. The van der Waals surface area contributed by atoms with Gasteiger partial charge in [0.15, 0.2) is 0 Å². The maximum absolute atomic E-state index is 12.5. The van der Waals surface area contributed by atoms with Crippen molar-refractivity contribution in [2.24, 2.45) is 0 Å². The molecule has 1 heterocycles. The molecule has 5 nitrogen and oxygen atoms in total. The first kappa shape index (κ1) is 20.5. The minimum absolute atomic E-state index is 0.0439. The third kappa shape index (κ3) is 5.62. The Balaban J connectivity index is 1.45. The number of benzene rings is 1. The zero-order chi connectivity index (χ0) is 19.2. The van der Waals surface area contributed by atoms with Gasteiger partial charge in [-0.15, -0.1) is 0 Å². The number of nitrogens with zero attached hydrogens (tertiary/aromatic N) is 3. The van der Waals surface area contributed by atoms with Crippen molar-refractivity contribution in [3.05, 3.63) is 35.4 Å². The van der Waals surface area contributed by atoms with Crippen LogP contribution in [0.2, 0.25) is 0 Å². The SMILES string of the molecule is CS[C@H]1CCC[C@H]1N(C)C(=O)NCc1ccc(CN2CCN(C)CC2)cc1. The summed E-state index contributed by atoms with van der Waals surface area (Å²) >= 11 is 1.89. The molecule has 1 saturated carbocycles. The minimum atomic E-state index is 0.0439. The van der Waals surface area contributed by atoms with Gasteiger partial charge in [-0.25, -0.2) is 4.79 Å². The van der Waals surface area contributed by atoms with Gasteiger partial charge >= 0.3 is 6.03 Å². The maximum atomic E-state index is 12.5. The second kappa shape index (κ2) is 9.80. The molecule has 1 N–H and O–H groups in total. The molecule has 0 spiro atoms. The lowest BCUT2D eigenvalue weighted by molar-refractivity contribution is 0.148. The number of thioether (sulfide) groups is 1. The number of carbonyl (C=O) groups excluding carboxylic acids is 1. The highest BCUT2D eigenvalue weighted by atomic mass is 32.2. The van der Waals surface area contributed by atoms with E-state index in [9.17, 15) is 4.79 Å². The largest absolute Gasteiger partial charge is 0.334 e. The fourth-order valence-electron chi connectivity index (χ4n) is 4.10. The average molecular weight is 391 g/mol. The summed E-state index contributed by atoms with van der Waals surface area (Å²) in [6, 6.07) is 9.10. The summed E-state index contributed by atoms with van der Waals surface area (Å²) in [6.07, 6.45) is 5.72. The summed E-state index contributed by atoms with van der Waals surface area (Å²) in [6.45, 7) is 6.18. The average Bonchev–Trinajstić information content (AvgIpc) is 3.17. The molecule has 0 radical (unpaired) electrons. The number of nitrogens with one attached hydrogen (secondary N) is 1. The lowest BCUT2D eigenvalue weighted by Crippen LogP contribution is -2.45. The Hall–Kier alpha value is -1.24. The van der Waals surface area contributed by atoms with E-state index < -0.39 is 0 Å². The van der Waals surface area contributed by atoms with Gasteiger partial charge in [0.2, 0.25) is 0 Å². The van der Waals surface area contributed by atoms with E-state index in [-0.39, 0.29) is 6.03 Å². The predicted octanol–water partition coefficient (Wildman–Crippen LogP) is 2.86. The zero-order valence-electron chi connectivity index (χ0n) is 17.0. The highest BCUT2D eigenvalue weighted by molar-refractivity contribution is 7.99. The molecule has 1 aromatic carbocycles. The Bertz CT molecular complexity index is 601. The molecular weight excluding hydrogens is 356 g/mol. The molecule has 0 unspecified atom stereocenters. The fourth-order valence-corrected chi connectivity index (χ4v) is 5.14. The van der Waals surface area contributed by atoms with Crippen molar-refractivity contribution in [3.63, 3.8) is 0 Å². The van der Waals surface area contributed by atoms with E-state index in [4.69, 9.17) is 0 Å². The summed E-state index contributed by atoms with van der Waals surface area (Å²) in [5, 5.41) is 3.67. The van der Waals surface area contributed by atoms with Crippen LogP contribution in [0.3, 0.4) is 0 Å². The summed E-state index contributed by atoms with van der Waals surface area (Å²) < 4.78 is 0. The number of hydrogen-bond acceptors (Lipinski definition) is 4. The van der Waals surface area contributed by atoms with E-state index >= 15 is 0 Å². The van der Waals surface area contributed by atoms with Gasteiger partial charge in [0, 0.05) is 57.6 Å². The second-order valence-corrected chi connectivity index (χ2v) is 9.01. The van der Waals surface area contributed by atoms with Crippen molar-refractivity contribution in [3.8, 4) is 0 Å². The zero-order valence-corrected chi connectivity index (χ0v) is 17.8. The van der Waals surface area contributed by atoms with Crippen LogP contribution in [0.25, 0.3) is 0 Å². The first-order chi connectivity index (χ1) is 13.1. The van der Waals surface area contributed by atoms with E-state index in [2.05, 4.69) is 52.7 Å². The highest BCUT2D eigenvalue weighted by Gasteiger charge is 2.31. The molecule has 6 heteroatoms. The summed E-state index contributed by atoms with van der Waals surface area (Å²) in [4.78, 5) is 19.3. The third-order valence-electron chi connectivity index (χ3n) is 6.01. The normalized spacial score (nSPS) is 24.1. The molecule has 2 amide bonds. The van der Waals surface area contributed by atoms with Crippen molar-refractivity contribution < 1.29 is 4.79 Å². The Morgan fingerprint density at radius 3 is 2.48 bits per heavy atom. The molecule has 0 aromatic heterocycles. The molecule has 2 aliphatic rings. The summed E-state index contributed by atoms with van der Waals surface area (Å²) in [7, 11) is 4.12. The number of likely N-dealkylation sites (N-methyl/N-ethyl adjacent to an activating group) is 1. The monoisotopic (exact) mass is 390 g/mol. The van der Waals surface area contributed by atoms with Crippen molar-refractivity contribution in [1.29, 1.82) is 0 Å². The smallest absolute Gasteiger partial charge is 0.317 e. The minimum Gasteiger partial charge on any atom is -0.334 e. The van der Waals surface area contributed by atoms with Crippen LogP contribution >= 0.6 is 11.8 Å². The molecule has 150 valence electrons. The summed E-state index contributed by atoms with van der Waals surface area (Å²) in [5.41, 5.74) is 2.51. The van der Waals surface area contributed by atoms with Crippen molar-refractivity contribution >= 4 is 17.8 Å². The number of amides is 2. The van der Waals surface area contributed by atoms with E-state index in [0.29, 0.717) is 17.8 Å². The molecule has 2 fully saturated rings. The van der Waals surface area contributed by atoms with Crippen LogP contribution in [0, 0.1) is 0 Å². The molecule has 1 aliphatic carbocycles. The standard InChI is InChI=1S/C21H34N4OS/c1-23-11-13-25(14-12-23)16-18-9-7-17(8-10-18)15-22-21(26)24(2)19-5-4-6-20(19)27-3/h7-10,19-20H,4-6,11-16H2,1-3H3,(H,22,26)/t19-,20+/m1/s1. The van der Waals surface area contributed by atoms with Crippen LogP contribution in [0.15, 0.2) is 24.3 Å². The highest BCUT2D eigenvalue weighted by Crippen LogP contribution is 2.31. The van der Waals surface area contributed by atoms with Crippen LogP contribution < -0.4 is 5.32 Å². The van der Waals surface area contributed by atoms with Crippen LogP contribution in [-0.2, 0) is 13.1 Å². The van der Waals surface area contributed by atoms with E-state index in [1.807, 2.05) is 23.7 Å². The van der Waals surface area contributed by atoms with Crippen LogP contribution in [0.5, 0.6) is 0 Å². The maximum Gasteiger partial charge on any atom is 0.317 e. The molecule has 1 aliphatic heterocycles. The summed E-state index contributed by atoms with van der Waals surface area (Å²) in [5.74, 6) is 0. The number of piperazine rings is 1. The molecule has 2 atom stereocenters. The van der Waals surface area contributed by atoms with E-state index in [1.54, 1.807) is 0 Å². The molecule has 3 rings (SSSR count). The topological polar surface area (TPSA) is 38.8 Å². The molecule has 1 aromatic rings. The lowest BCUT2D eigenvalue weighted by atomic mass is 10.1. The molecule has 27 heavy (non-hydrogen) atoms. The predicted molar refractivity (Wildman–Crippen MR) is 114 cm³/mol. The van der Waals surface area contributed by atoms with Gasteiger partial charge in [0.05, 0.1) is 0 Å². The van der Waals surface area contributed by atoms with Crippen molar-refractivity contribution in [2.75, 3.05) is 46.5 Å². The first-order valence-corrected chi connectivity index (χ1v) is 11.4. The van der Waals surface area contributed by atoms with Gasteiger partial charge in [-0.05, 0) is 37.3 Å². The van der Waals surface area contributed by atoms with Crippen LogP contribution in [0.4, 0.5) is 4.79 Å². The third-order valence-corrected chi connectivity index (χ3v) is 7.16. The van der Waals surface area contributed by atoms with Gasteiger partial charge in [-0.1, -0.05) is 30.7 Å². The van der Waals surface area contributed by atoms with Gasteiger partial charge in [-0.3, -0.25) is 4.90 Å². The fraction of sp³-hybridized carbons (Fsp3) is 0.667. The Labute approximate surface area is 168 Å². The lowest BCUT2D eigenvalue weighted by Gasteiger charge is -2.32. The van der Waals surface area contributed by atoms with Crippen LogP contribution in [0.1, 0.15) is 30.4 Å². The molecule has 1 saturated heterocycles.